The number of rotatable bonds is 7. The second-order valence-electron chi connectivity index (χ2n) is 10.2. The number of aliphatic hydroxyl groups excluding tert-OH is 1. The zero-order valence-electron chi connectivity index (χ0n) is 18.7. The standard InChI is InChI=1S/C26H36O5/c1-16-19(25(28)29)10-8-18-9-11-21-20(22(27)15-23(21)31-24(16)18)7-4-13-26(2,30)14-12-17-5-3-6-17/h4,7-8,10,17,20-23,27,30H,3,5-6,9,11-15H2,1-2H3,(H,28,29)/b7-4+/t20-,21-,22-,23+,26?/m1/s1. The van der Waals surface area contributed by atoms with E-state index in [1.54, 1.807) is 13.0 Å². The number of aliphatic hydroxyl groups is 2. The van der Waals surface area contributed by atoms with Gasteiger partial charge < -0.3 is 20.1 Å². The molecule has 1 aliphatic heterocycles. The highest BCUT2D eigenvalue weighted by Crippen LogP contribution is 2.44. The van der Waals surface area contributed by atoms with Gasteiger partial charge in [0.1, 0.15) is 11.9 Å². The number of ether oxygens (including phenoxy) is 1. The van der Waals surface area contributed by atoms with Gasteiger partial charge in [-0.3, -0.25) is 0 Å². The number of carbonyl (C=O) groups is 1. The molecule has 2 fully saturated rings. The number of aromatic carboxylic acids is 1. The number of fused-ring (bicyclic) bond motifs is 2. The highest BCUT2D eigenvalue weighted by molar-refractivity contribution is 5.90. The van der Waals surface area contributed by atoms with E-state index in [4.69, 9.17) is 4.74 Å². The van der Waals surface area contributed by atoms with E-state index in [0.29, 0.717) is 24.2 Å². The van der Waals surface area contributed by atoms with Gasteiger partial charge >= 0.3 is 5.97 Å². The van der Waals surface area contributed by atoms with Crippen molar-refractivity contribution in [2.24, 2.45) is 17.8 Å². The van der Waals surface area contributed by atoms with Crippen LogP contribution in [0.3, 0.4) is 0 Å². The van der Waals surface area contributed by atoms with Gasteiger partial charge in [-0.15, -0.1) is 0 Å². The summed E-state index contributed by atoms with van der Waals surface area (Å²) in [5.74, 6) is 0.722. The first-order chi connectivity index (χ1) is 14.7. The highest BCUT2D eigenvalue weighted by atomic mass is 16.5. The minimum absolute atomic E-state index is 0.000921. The van der Waals surface area contributed by atoms with Gasteiger partial charge in [-0.05, 0) is 63.5 Å². The van der Waals surface area contributed by atoms with E-state index in [1.807, 2.05) is 19.1 Å². The lowest BCUT2D eigenvalue weighted by atomic mass is 9.79. The molecule has 1 heterocycles. The Hall–Kier alpha value is -1.85. The molecule has 3 aliphatic rings. The van der Waals surface area contributed by atoms with Crippen LogP contribution in [0.4, 0.5) is 0 Å². The van der Waals surface area contributed by atoms with Crippen LogP contribution in [0.5, 0.6) is 5.75 Å². The summed E-state index contributed by atoms with van der Waals surface area (Å²) in [6.07, 6.45) is 12.3. The lowest BCUT2D eigenvalue weighted by Gasteiger charge is -2.29. The van der Waals surface area contributed by atoms with Crippen molar-refractivity contribution in [1.29, 1.82) is 0 Å². The van der Waals surface area contributed by atoms with E-state index in [0.717, 1.165) is 37.2 Å². The summed E-state index contributed by atoms with van der Waals surface area (Å²) >= 11 is 0. The summed E-state index contributed by atoms with van der Waals surface area (Å²) in [4.78, 5) is 11.5. The van der Waals surface area contributed by atoms with Crippen LogP contribution in [-0.2, 0) is 6.42 Å². The average Bonchev–Trinajstić information content (AvgIpc) is 2.83. The third-order valence-corrected chi connectivity index (χ3v) is 7.86. The summed E-state index contributed by atoms with van der Waals surface area (Å²) in [5.41, 5.74) is 1.29. The molecule has 4 rings (SSSR count). The number of carboxylic acid groups (broad SMARTS) is 1. The van der Waals surface area contributed by atoms with Gasteiger partial charge in [-0.25, -0.2) is 4.79 Å². The zero-order valence-corrected chi connectivity index (χ0v) is 18.7. The zero-order chi connectivity index (χ0) is 22.2. The molecule has 0 radical (unpaired) electrons. The average molecular weight is 429 g/mol. The Morgan fingerprint density at radius 2 is 2.06 bits per heavy atom. The predicted octanol–water partition coefficient (Wildman–Crippen LogP) is 4.66. The van der Waals surface area contributed by atoms with Crippen molar-refractivity contribution in [3.63, 3.8) is 0 Å². The molecule has 1 unspecified atom stereocenters. The van der Waals surface area contributed by atoms with E-state index in [-0.39, 0.29) is 23.5 Å². The molecule has 0 aromatic heterocycles. The summed E-state index contributed by atoms with van der Waals surface area (Å²) in [5, 5.41) is 30.9. The second kappa shape index (κ2) is 8.95. The predicted molar refractivity (Wildman–Crippen MR) is 119 cm³/mol. The van der Waals surface area contributed by atoms with Crippen molar-refractivity contribution in [1.82, 2.24) is 0 Å². The Bertz CT molecular complexity index is 838. The Morgan fingerprint density at radius 3 is 2.74 bits per heavy atom. The van der Waals surface area contributed by atoms with Gasteiger partial charge in [0, 0.05) is 23.8 Å². The molecule has 31 heavy (non-hydrogen) atoms. The van der Waals surface area contributed by atoms with Gasteiger partial charge in [0.05, 0.1) is 17.3 Å². The number of hydrogen-bond acceptors (Lipinski definition) is 4. The van der Waals surface area contributed by atoms with Gasteiger partial charge in [0.2, 0.25) is 0 Å². The maximum Gasteiger partial charge on any atom is 0.336 e. The van der Waals surface area contributed by atoms with Crippen molar-refractivity contribution < 1.29 is 24.9 Å². The summed E-state index contributed by atoms with van der Waals surface area (Å²) < 4.78 is 6.33. The lowest BCUT2D eigenvalue weighted by Crippen LogP contribution is -2.26. The molecule has 2 saturated carbocycles. The first-order valence-corrected chi connectivity index (χ1v) is 11.8. The van der Waals surface area contributed by atoms with Crippen molar-refractivity contribution >= 4 is 5.97 Å². The fourth-order valence-electron chi connectivity index (χ4n) is 5.58. The van der Waals surface area contributed by atoms with Gasteiger partial charge in [-0.2, -0.15) is 0 Å². The molecule has 3 N–H and O–H groups in total. The molecule has 2 aliphatic carbocycles. The number of carboxylic acids is 1. The van der Waals surface area contributed by atoms with Crippen molar-refractivity contribution in [2.45, 2.75) is 89.4 Å². The lowest BCUT2D eigenvalue weighted by molar-refractivity contribution is 0.0421. The maximum atomic E-state index is 11.5. The first kappa shape index (κ1) is 22.3. The van der Waals surface area contributed by atoms with Crippen LogP contribution in [0, 0.1) is 24.7 Å². The summed E-state index contributed by atoms with van der Waals surface area (Å²) in [7, 11) is 0. The molecule has 170 valence electrons. The van der Waals surface area contributed by atoms with Crippen LogP contribution in [0.1, 0.15) is 79.8 Å². The minimum Gasteiger partial charge on any atom is -0.489 e. The Kier molecular flexibility index (Phi) is 6.45. The van der Waals surface area contributed by atoms with E-state index in [9.17, 15) is 20.1 Å². The van der Waals surface area contributed by atoms with Crippen LogP contribution < -0.4 is 4.74 Å². The van der Waals surface area contributed by atoms with Crippen LogP contribution >= 0.6 is 0 Å². The Morgan fingerprint density at radius 1 is 1.29 bits per heavy atom. The molecule has 0 bridgehead atoms. The molecular weight excluding hydrogens is 392 g/mol. The number of benzene rings is 1. The molecule has 0 spiro atoms. The van der Waals surface area contributed by atoms with E-state index in [1.165, 1.54) is 19.3 Å². The van der Waals surface area contributed by atoms with Gasteiger partial charge in [0.15, 0.2) is 0 Å². The fraction of sp³-hybridized carbons (Fsp3) is 0.654. The highest BCUT2D eigenvalue weighted by Gasteiger charge is 2.44. The Balaban J connectivity index is 1.41. The second-order valence-corrected chi connectivity index (χ2v) is 10.2. The van der Waals surface area contributed by atoms with E-state index < -0.39 is 17.7 Å². The normalized spacial score (nSPS) is 30.1. The van der Waals surface area contributed by atoms with Crippen LogP contribution in [0.2, 0.25) is 0 Å². The SMILES string of the molecule is Cc1c(C(=O)O)ccc2c1O[C@H]1C[C@@H](O)[C@H](/C=C/CC(C)(O)CCC3CCC3)[C@H]1CC2. The largest absolute Gasteiger partial charge is 0.489 e. The quantitative estimate of drug-likeness (QED) is 0.550. The van der Waals surface area contributed by atoms with Crippen molar-refractivity contribution in [2.75, 3.05) is 0 Å². The molecule has 0 amide bonds. The smallest absolute Gasteiger partial charge is 0.336 e. The number of aryl methyl sites for hydroxylation is 1. The van der Waals surface area contributed by atoms with Crippen molar-refractivity contribution in [3.05, 3.63) is 41.0 Å². The maximum absolute atomic E-state index is 11.5. The third-order valence-electron chi connectivity index (χ3n) is 7.86. The number of hydrogen-bond donors (Lipinski definition) is 3. The molecule has 1 aromatic carbocycles. The van der Waals surface area contributed by atoms with E-state index >= 15 is 0 Å². The topological polar surface area (TPSA) is 87.0 Å². The van der Waals surface area contributed by atoms with Gasteiger partial charge in [-0.1, -0.05) is 37.5 Å². The van der Waals surface area contributed by atoms with Crippen LogP contribution in [0.15, 0.2) is 24.3 Å². The van der Waals surface area contributed by atoms with Gasteiger partial charge in [0.25, 0.3) is 0 Å². The Labute approximate surface area is 185 Å². The monoisotopic (exact) mass is 428 g/mol. The first-order valence-electron chi connectivity index (χ1n) is 11.8. The third kappa shape index (κ3) is 4.83. The summed E-state index contributed by atoms with van der Waals surface area (Å²) in [6.45, 7) is 3.72. The van der Waals surface area contributed by atoms with Crippen molar-refractivity contribution in [3.8, 4) is 5.75 Å². The molecule has 5 nitrogen and oxygen atoms in total. The molecule has 5 atom stereocenters. The van der Waals surface area contributed by atoms with E-state index in [2.05, 4.69) is 6.08 Å². The molecule has 1 aromatic rings. The molecule has 0 saturated heterocycles. The summed E-state index contributed by atoms with van der Waals surface area (Å²) in [6, 6.07) is 3.53. The van der Waals surface area contributed by atoms with Crippen LogP contribution in [-0.4, -0.2) is 39.1 Å². The minimum atomic E-state index is -0.943. The molecule has 5 heteroatoms. The fourth-order valence-corrected chi connectivity index (χ4v) is 5.58. The molecular formula is C26H36O5. The van der Waals surface area contributed by atoms with Crippen LogP contribution in [0.25, 0.3) is 0 Å².